The van der Waals surface area contributed by atoms with Crippen molar-refractivity contribution in [1.82, 2.24) is 0 Å². The summed E-state index contributed by atoms with van der Waals surface area (Å²) in [6.45, 7) is 13.9. The smallest absolute Gasteiger partial charge is 0.0657 e. The summed E-state index contributed by atoms with van der Waals surface area (Å²) in [4.78, 5) is 0. The Morgan fingerprint density at radius 1 is 1.03 bits per heavy atom. The molecule has 2 saturated carbocycles. The lowest BCUT2D eigenvalue weighted by Crippen LogP contribution is -2.46. The monoisotopic (exact) mass is 418 g/mol. The second-order valence-electron chi connectivity index (χ2n) is 12.5. The van der Waals surface area contributed by atoms with Crippen LogP contribution in [0.4, 0.5) is 0 Å². The molecule has 0 radical (unpaired) electrons. The molecule has 30 heavy (non-hydrogen) atoms. The van der Waals surface area contributed by atoms with Crippen LogP contribution in [0, 0.1) is 40.9 Å². The van der Waals surface area contributed by atoms with Gasteiger partial charge in [0.25, 0.3) is 0 Å². The van der Waals surface area contributed by atoms with E-state index in [9.17, 15) is 10.2 Å². The van der Waals surface area contributed by atoms with Gasteiger partial charge in [-0.2, -0.15) is 0 Å². The minimum atomic E-state index is -0.505. The number of allylic oxidation sites excluding steroid dienone is 1. The normalized spacial score (nSPS) is 42.2. The molecule has 2 heteroatoms. The van der Waals surface area contributed by atoms with Crippen LogP contribution in [0.1, 0.15) is 112 Å². The van der Waals surface area contributed by atoms with E-state index in [4.69, 9.17) is 0 Å². The van der Waals surface area contributed by atoms with E-state index in [1.165, 1.54) is 38.5 Å². The third-order valence-corrected chi connectivity index (χ3v) is 9.66. The summed E-state index contributed by atoms with van der Waals surface area (Å²) in [6.07, 6.45) is 15.2. The first-order chi connectivity index (χ1) is 14.0. The topological polar surface area (TPSA) is 40.5 Å². The molecule has 3 rings (SSSR count). The fourth-order valence-corrected chi connectivity index (χ4v) is 7.24. The molecule has 8 atom stereocenters. The maximum atomic E-state index is 10.8. The molecule has 0 aromatic carbocycles. The van der Waals surface area contributed by atoms with Crippen molar-refractivity contribution in [2.45, 2.75) is 124 Å². The zero-order valence-corrected chi connectivity index (χ0v) is 20.8. The lowest BCUT2D eigenvalue weighted by molar-refractivity contribution is -0.0210. The lowest BCUT2D eigenvalue weighted by Gasteiger charge is -2.53. The summed E-state index contributed by atoms with van der Waals surface area (Å²) < 4.78 is 0. The van der Waals surface area contributed by atoms with Gasteiger partial charge in [-0.05, 0) is 99.2 Å². The van der Waals surface area contributed by atoms with Gasteiger partial charge in [0.1, 0.15) is 0 Å². The Morgan fingerprint density at radius 2 is 1.77 bits per heavy atom. The quantitative estimate of drug-likeness (QED) is 0.466. The summed E-state index contributed by atoms with van der Waals surface area (Å²) in [6, 6.07) is 0. The molecule has 3 aliphatic rings. The van der Waals surface area contributed by atoms with E-state index in [0.29, 0.717) is 23.2 Å². The van der Waals surface area contributed by atoms with E-state index in [1.54, 1.807) is 5.57 Å². The molecule has 0 unspecified atom stereocenters. The van der Waals surface area contributed by atoms with Gasteiger partial charge in [0.2, 0.25) is 0 Å². The van der Waals surface area contributed by atoms with Gasteiger partial charge in [-0.1, -0.05) is 65.5 Å². The SMILES string of the molecule is CC(C)CC[C@@H](O)[C@@H](C)[C@@H]1CCC[C@H]2[C@@H](CC=C3C[C@@](C)(O)CC[C@@]32C)[C@@H](C)CC1. The highest BCUT2D eigenvalue weighted by Crippen LogP contribution is 2.58. The van der Waals surface area contributed by atoms with Crippen LogP contribution < -0.4 is 0 Å². The second-order valence-corrected chi connectivity index (χ2v) is 12.5. The van der Waals surface area contributed by atoms with Crippen molar-refractivity contribution in [3.05, 3.63) is 11.6 Å². The first kappa shape index (κ1) is 24.3. The van der Waals surface area contributed by atoms with Crippen LogP contribution in [0.15, 0.2) is 11.6 Å². The van der Waals surface area contributed by atoms with Gasteiger partial charge in [-0.3, -0.25) is 0 Å². The molecule has 0 aliphatic heterocycles. The van der Waals surface area contributed by atoms with Crippen molar-refractivity contribution >= 4 is 0 Å². The molecule has 2 N–H and O–H groups in total. The lowest BCUT2D eigenvalue weighted by atomic mass is 9.52. The van der Waals surface area contributed by atoms with E-state index >= 15 is 0 Å². The summed E-state index contributed by atoms with van der Waals surface area (Å²) in [7, 11) is 0. The summed E-state index contributed by atoms with van der Waals surface area (Å²) >= 11 is 0. The second kappa shape index (κ2) is 9.65. The third kappa shape index (κ3) is 5.34. The minimum absolute atomic E-state index is 0.137. The first-order valence-electron chi connectivity index (χ1n) is 13.1. The predicted molar refractivity (Wildman–Crippen MR) is 127 cm³/mol. The molecular weight excluding hydrogens is 368 g/mol. The minimum Gasteiger partial charge on any atom is -0.393 e. The molecule has 0 amide bonds. The number of fused-ring (bicyclic) bond motifs is 3. The average Bonchev–Trinajstić information content (AvgIpc) is 2.76. The van der Waals surface area contributed by atoms with Crippen molar-refractivity contribution in [1.29, 1.82) is 0 Å². The van der Waals surface area contributed by atoms with Crippen molar-refractivity contribution in [3.8, 4) is 0 Å². The Morgan fingerprint density at radius 3 is 2.47 bits per heavy atom. The predicted octanol–water partition coefficient (Wildman–Crippen LogP) is 7.14. The van der Waals surface area contributed by atoms with E-state index < -0.39 is 5.60 Å². The van der Waals surface area contributed by atoms with Crippen molar-refractivity contribution in [2.24, 2.45) is 40.9 Å². The summed E-state index contributed by atoms with van der Waals surface area (Å²) in [5.41, 5.74) is 1.34. The van der Waals surface area contributed by atoms with E-state index in [2.05, 4.69) is 40.7 Å². The highest BCUT2D eigenvalue weighted by molar-refractivity contribution is 5.25. The number of rotatable bonds is 5. The van der Waals surface area contributed by atoms with E-state index in [1.807, 2.05) is 6.92 Å². The average molecular weight is 419 g/mol. The van der Waals surface area contributed by atoms with Crippen LogP contribution >= 0.6 is 0 Å². The fourth-order valence-electron chi connectivity index (χ4n) is 7.24. The molecule has 0 heterocycles. The van der Waals surface area contributed by atoms with Crippen LogP contribution in [0.2, 0.25) is 0 Å². The molecule has 3 aliphatic carbocycles. The molecule has 0 spiro atoms. The zero-order chi connectivity index (χ0) is 22.1. The van der Waals surface area contributed by atoms with Crippen LogP contribution in [0.5, 0.6) is 0 Å². The Kier molecular flexibility index (Phi) is 7.82. The Hall–Kier alpha value is -0.340. The summed E-state index contributed by atoms with van der Waals surface area (Å²) in [5, 5.41) is 21.5. The molecule has 0 saturated heterocycles. The van der Waals surface area contributed by atoms with Gasteiger partial charge in [0.15, 0.2) is 0 Å². The summed E-state index contributed by atoms with van der Waals surface area (Å²) in [5.74, 6) is 4.08. The van der Waals surface area contributed by atoms with Gasteiger partial charge in [0.05, 0.1) is 11.7 Å². The maximum Gasteiger partial charge on any atom is 0.0657 e. The van der Waals surface area contributed by atoms with Crippen molar-refractivity contribution in [3.63, 3.8) is 0 Å². The van der Waals surface area contributed by atoms with Crippen LogP contribution in [0.25, 0.3) is 0 Å². The fraction of sp³-hybridized carbons (Fsp3) is 0.929. The van der Waals surface area contributed by atoms with Crippen molar-refractivity contribution < 1.29 is 10.2 Å². The maximum absolute atomic E-state index is 10.8. The van der Waals surface area contributed by atoms with Gasteiger partial charge < -0.3 is 10.2 Å². The third-order valence-electron chi connectivity index (χ3n) is 9.66. The number of hydrogen-bond donors (Lipinski definition) is 2. The molecule has 0 aromatic rings. The van der Waals surface area contributed by atoms with Crippen LogP contribution in [-0.4, -0.2) is 21.9 Å². The Balaban J connectivity index is 1.70. The Bertz CT molecular complexity index is 591. The van der Waals surface area contributed by atoms with Gasteiger partial charge >= 0.3 is 0 Å². The van der Waals surface area contributed by atoms with Crippen LogP contribution in [-0.2, 0) is 0 Å². The first-order valence-corrected chi connectivity index (χ1v) is 13.1. The molecule has 174 valence electrons. The van der Waals surface area contributed by atoms with Gasteiger partial charge in [-0.15, -0.1) is 0 Å². The molecule has 0 aromatic heterocycles. The van der Waals surface area contributed by atoms with E-state index in [-0.39, 0.29) is 6.10 Å². The molecule has 2 fully saturated rings. The highest BCUT2D eigenvalue weighted by Gasteiger charge is 2.49. The largest absolute Gasteiger partial charge is 0.393 e. The molecular formula is C28H50O2. The van der Waals surface area contributed by atoms with Crippen LogP contribution in [0.3, 0.4) is 0 Å². The van der Waals surface area contributed by atoms with E-state index in [0.717, 1.165) is 49.9 Å². The molecule has 2 nitrogen and oxygen atoms in total. The van der Waals surface area contributed by atoms with Crippen molar-refractivity contribution in [2.75, 3.05) is 0 Å². The standard InChI is InChI=1S/C28H50O2/c1-19(2)10-15-26(29)21(4)22-8-7-9-25-24(20(3)11-12-22)14-13-23-18-27(5,30)16-17-28(23,25)6/h13,19-22,24-26,29-30H,7-12,14-18H2,1-6H3/t20-,21-,22+,24-,25-,26+,27-,28-/m0/s1. The van der Waals surface area contributed by atoms with Gasteiger partial charge in [0, 0.05) is 0 Å². The zero-order valence-electron chi connectivity index (χ0n) is 20.8. The Labute approximate surface area is 186 Å². The number of aliphatic hydroxyl groups is 2. The number of hydrogen-bond acceptors (Lipinski definition) is 2. The number of aliphatic hydroxyl groups excluding tert-OH is 1. The molecule has 0 bridgehead atoms. The highest BCUT2D eigenvalue weighted by atomic mass is 16.3. The van der Waals surface area contributed by atoms with Gasteiger partial charge in [-0.25, -0.2) is 0 Å².